The number of halogens is 1. The van der Waals surface area contributed by atoms with Gasteiger partial charge in [-0.25, -0.2) is 8.42 Å². The highest BCUT2D eigenvalue weighted by molar-refractivity contribution is 7.92. The number of amides is 1. The van der Waals surface area contributed by atoms with Crippen molar-refractivity contribution in [3.63, 3.8) is 0 Å². The first-order chi connectivity index (χ1) is 15.3. The van der Waals surface area contributed by atoms with E-state index in [0.29, 0.717) is 16.3 Å². The molecule has 0 spiro atoms. The fourth-order valence-electron chi connectivity index (χ4n) is 3.95. The zero-order chi connectivity index (χ0) is 22.9. The third kappa shape index (κ3) is 4.52. The molecule has 0 radical (unpaired) electrons. The predicted octanol–water partition coefficient (Wildman–Crippen LogP) is 5.14. The first-order valence-electron chi connectivity index (χ1n) is 10.5. The van der Waals surface area contributed by atoms with Gasteiger partial charge in [0.2, 0.25) is 0 Å². The van der Waals surface area contributed by atoms with Crippen LogP contribution in [0.4, 0.5) is 5.69 Å². The molecule has 0 saturated carbocycles. The zero-order valence-electron chi connectivity index (χ0n) is 18.0. The van der Waals surface area contributed by atoms with Gasteiger partial charge in [-0.3, -0.25) is 9.10 Å². The van der Waals surface area contributed by atoms with Crippen LogP contribution >= 0.6 is 11.6 Å². The Morgan fingerprint density at radius 3 is 2.31 bits per heavy atom. The Morgan fingerprint density at radius 2 is 1.62 bits per heavy atom. The van der Waals surface area contributed by atoms with Crippen molar-refractivity contribution in [2.75, 3.05) is 11.4 Å². The van der Waals surface area contributed by atoms with Gasteiger partial charge in [0.25, 0.3) is 15.9 Å². The molecule has 3 aromatic carbocycles. The summed E-state index contributed by atoms with van der Waals surface area (Å²) >= 11 is 5.86. The predicted molar refractivity (Wildman–Crippen MR) is 128 cm³/mol. The molecule has 32 heavy (non-hydrogen) atoms. The topological polar surface area (TPSA) is 66.5 Å². The van der Waals surface area contributed by atoms with Gasteiger partial charge < -0.3 is 5.32 Å². The monoisotopic (exact) mass is 468 g/mol. The van der Waals surface area contributed by atoms with E-state index in [1.54, 1.807) is 24.3 Å². The Hall–Kier alpha value is -2.83. The zero-order valence-corrected chi connectivity index (χ0v) is 19.6. The van der Waals surface area contributed by atoms with E-state index in [9.17, 15) is 13.2 Å². The number of rotatable bonds is 6. The fourth-order valence-corrected chi connectivity index (χ4v) is 5.27. The quantitative estimate of drug-likeness (QED) is 0.544. The molecule has 0 heterocycles. The minimum atomic E-state index is -3.73. The van der Waals surface area contributed by atoms with Crippen molar-refractivity contribution in [2.24, 2.45) is 0 Å². The molecule has 1 aliphatic rings. The van der Waals surface area contributed by atoms with Crippen LogP contribution in [0.3, 0.4) is 0 Å². The van der Waals surface area contributed by atoms with Crippen LogP contribution in [0.25, 0.3) is 0 Å². The van der Waals surface area contributed by atoms with Crippen molar-refractivity contribution < 1.29 is 13.2 Å². The minimum absolute atomic E-state index is 0.124. The summed E-state index contributed by atoms with van der Waals surface area (Å²) < 4.78 is 26.9. The molecule has 5 nitrogen and oxygen atoms in total. The molecule has 3 aromatic rings. The molecule has 1 aliphatic carbocycles. The summed E-state index contributed by atoms with van der Waals surface area (Å²) in [5, 5.41) is 3.50. The molecule has 1 amide bonds. The van der Waals surface area contributed by atoms with Gasteiger partial charge in [-0.2, -0.15) is 0 Å². The lowest BCUT2D eigenvalue weighted by molar-refractivity contribution is 0.0940. The molecule has 166 valence electrons. The van der Waals surface area contributed by atoms with Crippen molar-refractivity contribution in [3.8, 4) is 0 Å². The third-order valence-electron chi connectivity index (χ3n) is 5.94. The van der Waals surface area contributed by atoms with Crippen LogP contribution in [0.15, 0.2) is 71.6 Å². The van der Waals surface area contributed by atoms with Gasteiger partial charge in [-0.15, -0.1) is 0 Å². The number of nitrogens with one attached hydrogen (secondary N) is 1. The Labute approximate surface area is 194 Å². The van der Waals surface area contributed by atoms with Gasteiger partial charge >= 0.3 is 0 Å². The number of fused-ring (bicyclic) bond motifs is 1. The van der Waals surface area contributed by atoms with Crippen molar-refractivity contribution in [1.82, 2.24) is 5.32 Å². The van der Waals surface area contributed by atoms with Crippen LogP contribution in [0, 0.1) is 0 Å². The number of hydrogen-bond donors (Lipinski definition) is 1. The van der Waals surface area contributed by atoms with Crippen molar-refractivity contribution in [2.45, 2.75) is 37.1 Å². The van der Waals surface area contributed by atoms with Crippen LogP contribution in [-0.2, 0) is 22.9 Å². The molecule has 4 rings (SSSR count). The maximum Gasteiger partial charge on any atom is 0.264 e. The number of nitrogens with zero attached hydrogens (tertiary/aromatic N) is 1. The van der Waals surface area contributed by atoms with Crippen LogP contribution < -0.4 is 9.62 Å². The molecule has 0 unspecified atom stereocenters. The molecular formula is C25H25ClN2O3S. The van der Waals surface area contributed by atoms with E-state index in [2.05, 4.69) is 23.5 Å². The number of benzene rings is 3. The number of carbonyl (C=O) groups excluding carboxylic acids is 1. The normalized spacial score (nSPS) is 14.0. The summed E-state index contributed by atoms with van der Waals surface area (Å²) in [5.41, 5.74) is 4.80. The lowest BCUT2D eigenvalue weighted by atomic mass is 10.0. The highest BCUT2D eigenvalue weighted by Gasteiger charge is 2.22. The van der Waals surface area contributed by atoms with Crippen LogP contribution in [0.5, 0.6) is 0 Å². The van der Waals surface area contributed by atoms with E-state index in [0.717, 1.165) is 18.4 Å². The van der Waals surface area contributed by atoms with Crippen molar-refractivity contribution >= 4 is 33.2 Å². The van der Waals surface area contributed by atoms with E-state index < -0.39 is 10.0 Å². The van der Waals surface area contributed by atoms with Gasteiger partial charge in [0.1, 0.15) is 0 Å². The second-order valence-electron chi connectivity index (χ2n) is 8.05. The van der Waals surface area contributed by atoms with Crippen LogP contribution in [0.2, 0.25) is 5.02 Å². The fraction of sp³-hybridized carbons (Fsp3) is 0.240. The second kappa shape index (κ2) is 8.96. The number of carbonyl (C=O) groups is 1. The first kappa shape index (κ1) is 22.4. The van der Waals surface area contributed by atoms with Crippen molar-refractivity contribution in [3.05, 3.63) is 94.0 Å². The molecule has 0 saturated heterocycles. The molecule has 0 fully saturated rings. The number of hydrogen-bond acceptors (Lipinski definition) is 3. The molecular weight excluding hydrogens is 444 g/mol. The van der Waals surface area contributed by atoms with Crippen LogP contribution in [0.1, 0.15) is 46.4 Å². The SMILES string of the molecule is C[C@@H](NC(=O)c1ccc(N(C)S(=O)(=O)c2ccc(Cl)cc2)cc1)c1ccc2c(c1)CCC2. The maximum atomic E-state index is 12.8. The van der Waals surface area contributed by atoms with E-state index >= 15 is 0 Å². The largest absolute Gasteiger partial charge is 0.346 e. The number of sulfonamides is 1. The molecule has 0 bridgehead atoms. The van der Waals surface area contributed by atoms with E-state index in [-0.39, 0.29) is 16.8 Å². The average Bonchev–Trinajstić information content (AvgIpc) is 3.27. The Balaban J connectivity index is 1.45. The standard InChI is InChI=1S/C25H25ClN2O3S/c1-17(20-7-6-18-4-3-5-21(18)16-20)27-25(29)19-8-12-23(13-9-19)28(2)32(30,31)24-14-10-22(26)11-15-24/h6-17H,3-5H2,1-2H3,(H,27,29)/t17-/m1/s1. The summed E-state index contributed by atoms with van der Waals surface area (Å²) in [6.07, 6.45) is 3.41. The average molecular weight is 469 g/mol. The summed E-state index contributed by atoms with van der Waals surface area (Å²) in [6, 6.07) is 18.8. The lowest BCUT2D eigenvalue weighted by Crippen LogP contribution is -2.28. The van der Waals surface area contributed by atoms with E-state index in [1.807, 2.05) is 6.92 Å². The Morgan fingerprint density at radius 1 is 0.969 bits per heavy atom. The molecule has 0 aromatic heterocycles. The smallest absolute Gasteiger partial charge is 0.264 e. The lowest BCUT2D eigenvalue weighted by Gasteiger charge is -2.20. The summed E-state index contributed by atoms with van der Waals surface area (Å²) in [7, 11) is -2.25. The van der Waals surface area contributed by atoms with Gasteiger partial charge in [0, 0.05) is 17.6 Å². The van der Waals surface area contributed by atoms with Gasteiger partial charge in [-0.1, -0.05) is 29.8 Å². The highest BCUT2D eigenvalue weighted by atomic mass is 35.5. The van der Waals surface area contributed by atoms with Crippen LogP contribution in [-0.4, -0.2) is 21.4 Å². The molecule has 1 N–H and O–H groups in total. The Kier molecular flexibility index (Phi) is 6.26. The highest BCUT2D eigenvalue weighted by Crippen LogP contribution is 2.26. The molecule has 0 aliphatic heterocycles. The molecule has 7 heteroatoms. The second-order valence-corrected chi connectivity index (χ2v) is 10.5. The number of anilines is 1. The van der Waals surface area contributed by atoms with Crippen molar-refractivity contribution in [1.29, 1.82) is 0 Å². The summed E-state index contributed by atoms with van der Waals surface area (Å²) in [5.74, 6) is -0.201. The van der Waals surface area contributed by atoms with E-state index in [1.165, 1.54) is 53.2 Å². The minimum Gasteiger partial charge on any atom is -0.346 e. The maximum absolute atomic E-state index is 12.8. The third-order valence-corrected chi connectivity index (χ3v) is 7.99. The van der Waals surface area contributed by atoms with E-state index in [4.69, 9.17) is 11.6 Å². The first-order valence-corrected chi connectivity index (χ1v) is 12.3. The van der Waals surface area contributed by atoms with Gasteiger partial charge in [-0.05, 0) is 91.4 Å². The van der Waals surface area contributed by atoms with Gasteiger partial charge in [0.05, 0.1) is 16.6 Å². The number of aryl methyl sites for hydroxylation is 2. The molecule has 1 atom stereocenters. The summed E-state index contributed by atoms with van der Waals surface area (Å²) in [4.78, 5) is 12.9. The summed E-state index contributed by atoms with van der Waals surface area (Å²) in [6.45, 7) is 1.97. The van der Waals surface area contributed by atoms with Gasteiger partial charge in [0.15, 0.2) is 0 Å². The Bertz CT molecular complexity index is 1240.